The van der Waals surface area contributed by atoms with Crippen LogP contribution in [0.5, 0.6) is 11.5 Å². The van der Waals surface area contributed by atoms with E-state index in [9.17, 15) is 19.2 Å². The molecule has 0 fully saturated rings. The molecule has 0 heterocycles. The highest BCUT2D eigenvalue weighted by atomic mass is 16.7. The van der Waals surface area contributed by atoms with Crippen molar-refractivity contribution >= 4 is 24.4 Å². The molecule has 244 valence electrons. The lowest BCUT2D eigenvalue weighted by Gasteiger charge is -2.21. The van der Waals surface area contributed by atoms with E-state index in [4.69, 9.17) is 33.2 Å². The number of hydrogen-bond acceptors (Lipinski definition) is 12. The fourth-order valence-electron chi connectivity index (χ4n) is 3.31. The number of methoxy groups -OCH3 is 1. The van der Waals surface area contributed by atoms with E-state index >= 15 is 0 Å². The zero-order chi connectivity index (χ0) is 32.6. The van der Waals surface area contributed by atoms with Gasteiger partial charge in [0.15, 0.2) is 11.5 Å². The van der Waals surface area contributed by atoms with Crippen LogP contribution in [0.4, 0.5) is 14.4 Å². The average molecular weight is 612 g/mol. The van der Waals surface area contributed by atoms with Gasteiger partial charge in [0.25, 0.3) is 0 Å². The Bertz CT molecular complexity index is 1040. The first kappa shape index (κ1) is 37.5. The van der Waals surface area contributed by atoms with Gasteiger partial charge in [0.05, 0.1) is 26.9 Å². The molecule has 12 heteroatoms. The number of carbonyl (C=O) groups is 4. The molecule has 1 N–H and O–H groups in total. The highest BCUT2D eigenvalue weighted by Gasteiger charge is 2.24. The van der Waals surface area contributed by atoms with Crippen LogP contribution >= 0.6 is 0 Å². The summed E-state index contributed by atoms with van der Waals surface area (Å²) < 4.78 is 36.3. The number of nitrogens with one attached hydrogen (secondary N) is 1. The SMILES string of the molecule is CCCCCOC(=O)OC(C)CN[C@@H](Cc1ccc(OC(=O)OCC(C)(C)C)c(OC(=O)OCC(C)(C)C)c1)C(=O)OC. The number of hydrogen-bond donors (Lipinski definition) is 1. The number of unbranched alkanes of at least 4 members (excludes halogenated alkanes) is 2. The molecule has 0 bridgehead atoms. The summed E-state index contributed by atoms with van der Waals surface area (Å²) in [6, 6.07) is 3.64. The normalized spacial score (nSPS) is 12.9. The van der Waals surface area contributed by atoms with Gasteiger partial charge in [0, 0.05) is 6.54 Å². The Labute approximate surface area is 255 Å². The number of ether oxygens (including phenoxy) is 7. The van der Waals surface area contributed by atoms with Crippen LogP contribution in [0.2, 0.25) is 0 Å². The standard InChI is InChI=1S/C31H49NO11/c1-10-11-12-15-38-27(34)41-21(2)18-32-23(26(33)37-9)16-22-13-14-24(42-28(35)39-19-30(3,4)5)25(17-22)43-29(36)40-20-31(6,7)8/h13-14,17,21,23,32H,10-12,15-16,18-20H2,1-9H3/t21?,23-/m0/s1. The highest BCUT2D eigenvalue weighted by Crippen LogP contribution is 2.30. The van der Waals surface area contributed by atoms with Gasteiger partial charge in [-0.25, -0.2) is 14.4 Å². The van der Waals surface area contributed by atoms with E-state index in [2.05, 4.69) is 5.32 Å². The maximum Gasteiger partial charge on any atom is 0.513 e. The molecule has 1 aromatic rings. The largest absolute Gasteiger partial charge is 0.513 e. The van der Waals surface area contributed by atoms with Gasteiger partial charge in [0.2, 0.25) is 0 Å². The summed E-state index contributed by atoms with van der Waals surface area (Å²) in [5.74, 6) is -0.736. The molecule has 0 saturated heterocycles. The van der Waals surface area contributed by atoms with Gasteiger partial charge < -0.3 is 38.5 Å². The lowest BCUT2D eigenvalue weighted by molar-refractivity contribution is -0.143. The summed E-state index contributed by atoms with van der Waals surface area (Å²) >= 11 is 0. The zero-order valence-electron chi connectivity index (χ0n) is 27.0. The predicted molar refractivity (Wildman–Crippen MR) is 158 cm³/mol. The summed E-state index contributed by atoms with van der Waals surface area (Å²) in [7, 11) is 1.25. The Hall–Kier alpha value is -3.54. The van der Waals surface area contributed by atoms with Crippen molar-refractivity contribution < 1.29 is 52.3 Å². The fraction of sp³-hybridized carbons (Fsp3) is 0.677. The molecule has 43 heavy (non-hydrogen) atoms. The van der Waals surface area contributed by atoms with Crippen LogP contribution in [0.1, 0.15) is 80.2 Å². The molecule has 0 amide bonds. The predicted octanol–water partition coefficient (Wildman–Crippen LogP) is 6.22. The van der Waals surface area contributed by atoms with Crippen LogP contribution in [0.25, 0.3) is 0 Å². The molecule has 0 spiro atoms. The van der Waals surface area contributed by atoms with Gasteiger partial charge in [-0.2, -0.15) is 0 Å². The third-order valence-electron chi connectivity index (χ3n) is 5.48. The Morgan fingerprint density at radius 2 is 1.40 bits per heavy atom. The van der Waals surface area contributed by atoms with Crippen molar-refractivity contribution in [3.05, 3.63) is 23.8 Å². The molecule has 0 radical (unpaired) electrons. The molecule has 0 aromatic heterocycles. The van der Waals surface area contributed by atoms with E-state index in [1.165, 1.54) is 19.2 Å². The van der Waals surface area contributed by atoms with Gasteiger partial charge in [-0.05, 0) is 48.3 Å². The molecule has 0 aliphatic carbocycles. The molecule has 0 aliphatic rings. The number of benzene rings is 1. The van der Waals surface area contributed by atoms with E-state index in [-0.39, 0.29) is 55.1 Å². The van der Waals surface area contributed by atoms with E-state index in [1.807, 2.05) is 48.5 Å². The summed E-state index contributed by atoms with van der Waals surface area (Å²) in [6.07, 6.45) is -0.535. The maximum atomic E-state index is 12.6. The summed E-state index contributed by atoms with van der Waals surface area (Å²) in [6.45, 7) is 15.7. The second-order valence-corrected chi connectivity index (χ2v) is 12.6. The molecule has 12 nitrogen and oxygen atoms in total. The van der Waals surface area contributed by atoms with E-state index < -0.39 is 36.6 Å². The zero-order valence-corrected chi connectivity index (χ0v) is 27.0. The van der Waals surface area contributed by atoms with Crippen LogP contribution in [0.3, 0.4) is 0 Å². The first-order valence-corrected chi connectivity index (χ1v) is 14.5. The Kier molecular flexibility index (Phi) is 15.9. The third-order valence-corrected chi connectivity index (χ3v) is 5.48. The fourth-order valence-corrected chi connectivity index (χ4v) is 3.31. The van der Waals surface area contributed by atoms with Crippen LogP contribution < -0.4 is 14.8 Å². The Morgan fingerprint density at radius 3 is 1.93 bits per heavy atom. The lowest BCUT2D eigenvalue weighted by Crippen LogP contribution is -2.43. The minimum absolute atomic E-state index is 0.0718. The first-order chi connectivity index (χ1) is 20.0. The average Bonchev–Trinajstić information content (AvgIpc) is 2.91. The minimum atomic E-state index is -0.991. The molecule has 2 atom stereocenters. The van der Waals surface area contributed by atoms with E-state index in [0.29, 0.717) is 5.56 Å². The number of carbonyl (C=O) groups excluding carboxylic acids is 4. The second-order valence-electron chi connectivity index (χ2n) is 12.6. The Balaban J connectivity index is 3.02. The van der Waals surface area contributed by atoms with Crippen LogP contribution in [-0.2, 0) is 34.9 Å². The van der Waals surface area contributed by atoms with Crippen LogP contribution in [0, 0.1) is 10.8 Å². The molecule has 0 aliphatic heterocycles. The van der Waals surface area contributed by atoms with Crippen molar-refractivity contribution in [2.75, 3.05) is 33.5 Å². The quantitative estimate of drug-likeness (QED) is 0.104. The van der Waals surface area contributed by atoms with Crippen molar-refractivity contribution in [1.29, 1.82) is 0 Å². The number of rotatable bonds is 15. The summed E-state index contributed by atoms with van der Waals surface area (Å²) in [5, 5.41) is 3.03. The summed E-state index contributed by atoms with van der Waals surface area (Å²) in [4.78, 5) is 49.2. The summed E-state index contributed by atoms with van der Waals surface area (Å²) in [5.41, 5.74) is -0.0455. The van der Waals surface area contributed by atoms with E-state index in [0.717, 1.165) is 19.3 Å². The number of esters is 1. The molecule has 1 unspecified atom stereocenters. The minimum Gasteiger partial charge on any atom is -0.468 e. The van der Waals surface area contributed by atoms with E-state index in [1.54, 1.807) is 13.0 Å². The maximum absolute atomic E-state index is 12.6. The van der Waals surface area contributed by atoms with Crippen molar-refractivity contribution in [3.8, 4) is 11.5 Å². The highest BCUT2D eigenvalue weighted by molar-refractivity contribution is 5.76. The topological polar surface area (TPSA) is 145 Å². The third kappa shape index (κ3) is 17.2. The Morgan fingerprint density at radius 1 is 0.814 bits per heavy atom. The lowest BCUT2D eigenvalue weighted by atomic mass is 9.99. The van der Waals surface area contributed by atoms with Gasteiger partial charge in [-0.1, -0.05) is 67.4 Å². The van der Waals surface area contributed by atoms with Crippen molar-refractivity contribution in [3.63, 3.8) is 0 Å². The first-order valence-electron chi connectivity index (χ1n) is 14.5. The van der Waals surface area contributed by atoms with Crippen molar-refractivity contribution in [1.82, 2.24) is 5.32 Å². The van der Waals surface area contributed by atoms with Gasteiger partial charge in [0.1, 0.15) is 12.1 Å². The molecular weight excluding hydrogens is 562 g/mol. The smallest absolute Gasteiger partial charge is 0.468 e. The van der Waals surface area contributed by atoms with Crippen molar-refractivity contribution in [2.45, 2.75) is 93.2 Å². The molecule has 1 rings (SSSR count). The molecular formula is C31H49NO11. The monoisotopic (exact) mass is 611 g/mol. The van der Waals surface area contributed by atoms with Crippen LogP contribution in [0.15, 0.2) is 18.2 Å². The molecule has 1 aromatic carbocycles. The van der Waals surface area contributed by atoms with Gasteiger partial charge >= 0.3 is 24.4 Å². The second kappa shape index (κ2) is 18.2. The van der Waals surface area contributed by atoms with Gasteiger partial charge in [-0.15, -0.1) is 0 Å². The van der Waals surface area contributed by atoms with Crippen molar-refractivity contribution in [2.24, 2.45) is 10.8 Å². The molecule has 0 saturated carbocycles. The van der Waals surface area contributed by atoms with Gasteiger partial charge in [-0.3, -0.25) is 4.79 Å². The van der Waals surface area contributed by atoms with Crippen LogP contribution in [-0.4, -0.2) is 70.1 Å².